The van der Waals surface area contributed by atoms with Gasteiger partial charge in [0.1, 0.15) is 0 Å². The largest absolute Gasteiger partial charge is 0.481 e. The van der Waals surface area contributed by atoms with Gasteiger partial charge in [-0.05, 0) is 40.5 Å². The lowest BCUT2D eigenvalue weighted by atomic mass is 10.2. The Morgan fingerprint density at radius 3 is 2.71 bits per heavy atom. The molecule has 0 saturated heterocycles. The van der Waals surface area contributed by atoms with Gasteiger partial charge < -0.3 is 15.7 Å². The van der Waals surface area contributed by atoms with E-state index in [1.165, 1.54) is 0 Å². The van der Waals surface area contributed by atoms with Crippen molar-refractivity contribution in [1.29, 1.82) is 0 Å². The standard InChI is InChI=1S/C11H13BrN2O3/c1-7-2-3-9(8(12)6-7)14-11(17)13-5-4-10(15)16/h2-3,6H,4-5H2,1H3,(H,15,16)(H2,13,14,17). The molecule has 1 aromatic rings. The number of aryl methyl sites for hydroxylation is 1. The van der Waals surface area contributed by atoms with Crippen LogP contribution in [0.3, 0.4) is 0 Å². The lowest BCUT2D eigenvalue weighted by Crippen LogP contribution is -2.30. The molecular formula is C11H13BrN2O3. The van der Waals surface area contributed by atoms with Gasteiger partial charge in [0, 0.05) is 11.0 Å². The van der Waals surface area contributed by atoms with E-state index in [9.17, 15) is 9.59 Å². The highest BCUT2D eigenvalue weighted by molar-refractivity contribution is 9.10. The highest BCUT2D eigenvalue weighted by atomic mass is 79.9. The van der Waals surface area contributed by atoms with Crippen molar-refractivity contribution in [2.45, 2.75) is 13.3 Å². The second-order valence-electron chi connectivity index (χ2n) is 3.51. The van der Waals surface area contributed by atoms with Crippen molar-refractivity contribution < 1.29 is 14.7 Å². The molecule has 0 aliphatic rings. The van der Waals surface area contributed by atoms with Crippen LogP contribution in [-0.2, 0) is 4.79 Å². The number of rotatable bonds is 4. The van der Waals surface area contributed by atoms with Crippen molar-refractivity contribution in [2.75, 3.05) is 11.9 Å². The number of halogens is 1. The zero-order valence-corrected chi connectivity index (χ0v) is 10.9. The Labute approximate surface area is 107 Å². The van der Waals surface area contributed by atoms with Crippen molar-refractivity contribution in [1.82, 2.24) is 5.32 Å². The Bertz CT molecular complexity index is 435. The van der Waals surface area contributed by atoms with Crippen LogP contribution in [0.15, 0.2) is 22.7 Å². The molecule has 0 aromatic heterocycles. The summed E-state index contributed by atoms with van der Waals surface area (Å²) < 4.78 is 0.783. The maximum absolute atomic E-state index is 11.4. The number of nitrogens with one attached hydrogen (secondary N) is 2. The van der Waals surface area contributed by atoms with E-state index >= 15 is 0 Å². The number of hydrogen-bond donors (Lipinski definition) is 3. The van der Waals surface area contributed by atoms with E-state index in [2.05, 4.69) is 26.6 Å². The van der Waals surface area contributed by atoms with Crippen LogP contribution in [-0.4, -0.2) is 23.7 Å². The summed E-state index contributed by atoms with van der Waals surface area (Å²) in [4.78, 5) is 21.6. The molecule has 0 spiro atoms. The van der Waals surface area contributed by atoms with Crippen molar-refractivity contribution in [3.8, 4) is 0 Å². The summed E-state index contributed by atoms with van der Waals surface area (Å²) in [6.45, 7) is 2.05. The highest BCUT2D eigenvalue weighted by Crippen LogP contribution is 2.23. The van der Waals surface area contributed by atoms with Crippen molar-refractivity contribution >= 4 is 33.6 Å². The van der Waals surface area contributed by atoms with Gasteiger partial charge in [0.15, 0.2) is 0 Å². The molecule has 0 unspecified atom stereocenters. The minimum atomic E-state index is -0.943. The monoisotopic (exact) mass is 300 g/mol. The first kappa shape index (κ1) is 13.5. The highest BCUT2D eigenvalue weighted by Gasteiger charge is 2.05. The van der Waals surface area contributed by atoms with Crippen LogP contribution in [0.4, 0.5) is 10.5 Å². The fourth-order valence-corrected chi connectivity index (χ4v) is 1.76. The molecule has 0 fully saturated rings. The Balaban J connectivity index is 2.48. The maximum Gasteiger partial charge on any atom is 0.319 e. The second-order valence-corrected chi connectivity index (χ2v) is 4.36. The van der Waals surface area contributed by atoms with E-state index in [1.54, 1.807) is 6.07 Å². The predicted octanol–water partition coefficient (Wildman–Crippen LogP) is 2.35. The van der Waals surface area contributed by atoms with Gasteiger partial charge in [-0.25, -0.2) is 4.79 Å². The number of urea groups is 1. The van der Waals surface area contributed by atoms with Gasteiger partial charge in [0.25, 0.3) is 0 Å². The van der Waals surface area contributed by atoms with Gasteiger partial charge in [-0.15, -0.1) is 0 Å². The molecule has 2 amide bonds. The number of carboxylic acids is 1. The van der Waals surface area contributed by atoms with Gasteiger partial charge in [-0.1, -0.05) is 6.07 Å². The smallest absolute Gasteiger partial charge is 0.319 e. The average molecular weight is 301 g/mol. The molecule has 0 heterocycles. The number of hydrogen-bond acceptors (Lipinski definition) is 2. The first-order valence-electron chi connectivity index (χ1n) is 5.02. The number of benzene rings is 1. The summed E-state index contributed by atoms with van der Waals surface area (Å²) in [6.07, 6.45) is -0.0948. The Hall–Kier alpha value is -1.56. The van der Waals surface area contributed by atoms with E-state index in [1.807, 2.05) is 19.1 Å². The third-order valence-corrected chi connectivity index (χ3v) is 2.65. The molecule has 5 nitrogen and oxygen atoms in total. The van der Waals surface area contributed by atoms with Crippen LogP contribution in [0, 0.1) is 6.92 Å². The molecule has 1 rings (SSSR count). The summed E-state index contributed by atoms with van der Waals surface area (Å²) >= 11 is 3.33. The van der Waals surface area contributed by atoms with Crippen LogP contribution in [0.25, 0.3) is 0 Å². The van der Waals surface area contributed by atoms with Gasteiger partial charge in [-0.3, -0.25) is 4.79 Å². The van der Waals surface area contributed by atoms with Gasteiger partial charge in [-0.2, -0.15) is 0 Å². The number of aliphatic carboxylic acids is 1. The first-order valence-corrected chi connectivity index (χ1v) is 5.81. The zero-order chi connectivity index (χ0) is 12.8. The van der Waals surface area contributed by atoms with E-state index in [0.29, 0.717) is 5.69 Å². The first-order chi connectivity index (χ1) is 7.99. The average Bonchev–Trinajstić information content (AvgIpc) is 2.21. The molecule has 17 heavy (non-hydrogen) atoms. The van der Waals surface area contributed by atoms with E-state index in [0.717, 1.165) is 10.0 Å². The third-order valence-electron chi connectivity index (χ3n) is 2.00. The van der Waals surface area contributed by atoms with Crippen molar-refractivity contribution in [3.63, 3.8) is 0 Å². The fourth-order valence-electron chi connectivity index (χ4n) is 1.17. The predicted molar refractivity (Wildman–Crippen MR) is 68.2 cm³/mol. The Morgan fingerprint density at radius 2 is 2.12 bits per heavy atom. The number of carbonyl (C=O) groups excluding carboxylic acids is 1. The van der Waals surface area contributed by atoms with Crippen molar-refractivity contribution in [3.05, 3.63) is 28.2 Å². The van der Waals surface area contributed by atoms with E-state index in [-0.39, 0.29) is 13.0 Å². The number of amides is 2. The summed E-state index contributed by atoms with van der Waals surface area (Å²) in [5, 5.41) is 13.5. The Kier molecular flexibility index (Phi) is 4.96. The summed E-state index contributed by atoms with van der Waals surface area (Å²) in [6, 6.07) is 5.11. The number of carboxylic acid groups (broad SMARTS) is 1. The zero-order valence-electron chi connectivity index (χ0n) is 9.29. The van der Waals surface area contributed by atoms with Crippen LogP contribution in [0.5, 0.6) is 0 Å². The van der Waals surface area contributed by atoms with Gasteiger partial charge in [0.2, 0.25) is 0 Å². The topological polar surface area (TPSA) is 78.4 Å². The Morgan fingerprint density at radius 1 is 1.41 bits per heavy atom. The maximum atomic E-state index is 11.4. The third kappa shape index (κ3) is 4.86. The molecule has 0 atom stereocenters. The normalized spacial score (nSPS) is 9.76. The van der Waals surface area contributed by atoms with Crippen LogP contribution in [0.2, 0.25) is 0 Å². The summed E-state index contributed by atoms with van der Waals surface area (Å²) in [5.74, 6) is -0.943. The van der Waals surface area contributed by atoms with E-state index in [4.69, 9.17) is 5.11 Å². The van der Waals surface area contributed by atoms with Crippen LogP contribution >= 0.6 is 15.9 Å². The van der Waals surface area contributed by atoms with Gasteiger partial charge >= 0.3 is 12.0 Å². The summed E-state index contributed by atoms with van der Waals surface area (Å²) in [7, 11) is 0. The number of carbonyl (C=O) groups is 2. The quantitative estimate of drug-likeness (QED) is 0.799. The second kappa shape index (κ2) is 6.24. The lowest BCUT2D eigenvalue weighted by molar-refractivity contribution is -0.136. The SMILES string of the molecule is Cc1ccc(NC(=O)NCCC(=O)O)c(Br)c1. The molecule has 6 heteroatoms. The number of anilines is 1. The summed E-state index contributed by atoms with van der Waals surface area (Å²) in [5.41, 5.74) is 1.72. The van der Waals surface area contributed by atoms with Gasteiger partial charge in [0.05, 0.1) is 12.1 Å². The minimum absolute atomic E-state index is 0.0948. The minimum Gasteiger partial charge on any atom is -0.481 e. The molecule has 0 aliphatic heterocycles. The lowest BCUT2D eigenvalue weighted by Gasteiger charge is -2.08. The molecule has 0 saturated carbocycles. The van der Waals surface area contributed by atoms with E-state index < -0.39 is 12.0 Å². The van der Waals surface area contributed by atoms with Crippen LogP contribution < -0.4 is 10.6 Å². The molecule has 0 bridgehead atoms. The van der Waals surface area contributed by atoms with Crippen molar-refractivity contribution in [2.24, 2.45) is 0 Å². The molecule has 0 radical (unpaired) electrons. The molecule has 0 aliphatic carbocycles. The molecule has 3 N–H and O–H groups in total. The molecule has 92 valence electrons. The fraction of sp³-hybridized carbons (Fsp3) is 0.273. The molecular weight excluding hydrogens is 288 g/mol. The van der Waals surface area contributed by atoms with Crippen LogP contribution in [0.1, 0.15) is 12.0 Å². The molecule has 1 aromatic carbocycles.